The smallest absolute Gasteiger partial charge is 0.459 e. The van der Waals surface area contributed by atoms with Crippen molar-refractivity contribution in [2.45, 2.75) is 58.3 Å². The molecule has 1 aliphatic heterocycles. The molecule has 1 fully saturated rings. The Morgan fingerprint density at radius 2 is 1.97 bits per heavy atom. The normalized spacial score (nSPS) is 23.7. The molecule has 1 aromatic carbocycles. The third kappa shape index (κ3) is 6.94. The van der Waals surface area contributed by atoms with Crippen LogP contribution >= 0.6 is 7.75 Å². The van der Waals surface area contributed by atoms with Gasteiger partial charge in [0.1, 0.15) is 29.9 Å². The third-order valence-corrected chi connectivity index (χ3v) is 7.02. The summed E-state index contributed by atoms with van der Waals surface area (Å²) in [5.74, 6) is -1.72. The Hall–Kier alpha value is -3.27. The Bertz CT molecular complexity index is 1300. The summed E-state index contributed by atoms with van der Waals surface area (Å²) in [6.07, 6.45) is -3.09. The molecule has 0 bridgehead atoms. The Kier molecular flexibility index (Phi) is 9.07. The number of hydrogen-bond acceptors (Lipinski definition) is 10. The van der Waals surface area contributed by atoms with Crippen LogP contribution in [0.25, 0.3) is 0 Å². The molecule has 6 atom stereocenters. The molecule has 0 radical (unpaired) electrons. The number of nitrogens with one attached hydrogen (secondary N) is 2. The van der Waals surface area contributed by atoms with E-state index in [-0.39, 0.29) is 11.3 Å². The summed E-state index contributed by atoms with van der Waals surface area (Å²) in [5, 5.41) is 22.8. The summed E-state index contributed by atoms with van der Waals surface area (Å²) in [7, 11) is -4.26. The quantitative estimate of drug-likeness (QED) is 0.295. The van der Waals surface area contributed by atoms with E-state index in [9.17, 15) is 29.3 Å². The van der Waals surface area contributed by atoms with E-state index >= 15 is 0 Å². The lowest BCUT2D eigenvalue weighted by Crippen LogP contribution is -2.37. The van der Waals surface area contributed by atoms with Crippen molar-refractivity contribution >= 4 is 13.7 Å². The second kappa shape index (κ2) is 11.9. The number of H-pyrrole nitrogens is 1. The van der Waals surface area contributed by atoms with Gasteiger partial charge in [-0.1, -0.05) is 18.2 Å². The fourth-order valence-electron chi connectivity index (χ4n) is 3.54. The number of aromatic nitrogens is 2. The van der Waals surface area contributed by atoms with Gasteiger partial charge < -0.3 is 19.1 Å². The highest BCUT2D eigenvalue weighted by Gasteiger charge is 2.47. The first-order chi connectivity index (χ1) is 17.4. The highest BCUT2D eigenvalue weighted by atomic mass is 31.2. The van der Waals surface area contributed by atoms with Crippen LogP contribution in [0, 0.1) is 24.2 Å². The minimum absolute atomic E-state index is 0.179. The first-order valence-electron chi connectivity index (χ1n) is 11.5. The number of nitriles is 1. The summed E-state index contributed by atoms with van der Waals surface area (Å²) in [6, 6.07) is 8.88. The van der Waals surface area contributed by atoms with Crippen LogP contribution in [0.15, 0.2) is 46.1 Å². The minimum Gasteiger partial charge on any atom is -0.462 e. The van der Waals surface area contributed by atoms with Crippen LogP contribution in [-0.4, -0.2) is 51.6 Å². The highest BCUT2D eigenvalue weighted by Crippen LogP contribution is 2.46. The molecule has 3 rings (SSSR count). The van der Waals surface area contributed by atoms with E-state index in [0.29, 0.717) is 0 Å². The topological polar surface area (TPSA) is 182 Å². The molecule has 200 valence electrons. The molecule has 0 saturated carbocycles. The second-order valence-electron chi connectivity index (χ2n) is 8.72. The van der Waals surface area contributed by atoms with Crippen molar-refractivity contribution in [3.63, 3.8) is 0 Å². The molecule has 1 aliphatic rings. The van der Waals surface area contributed by atoms with Gasteiger partial charge >= 0.3 is 19.4 Å². The van der Waals surface area contributed by atoms with Crippen LogP contribution in [0.5, 0.6) is 5.75 Å². The van der Waals surface area contributed by atoms with E-state index in [0.717, 1.165) is 4.57 Å². The molecular weight excluding hydrogens is 507 g/mol. The van der Waals surface area contributed by atoms with E-state index in [2.05, 4.69) is 10.1 Å². The Balaban J connectivity index is 1.81. The van der Waals surface area contributed by atoms with Crippen LogP contribution in [-0.2, 0) is 23.4 Å². The lowest BCUT2D eigenvalue weighted by Gasteiger charge is -2.25. The van der Waals surface area contributed by atoms with Crippen molar-refractivity contribution in [1.29, 1.82) is 5.26 Å². The molecule has 37 heavy (non-hydrogen) atoms. The number of aryl methyl sites for hydroxylation is 1. The fourth-order valence-corrected chi connectivity index (χ4v) is 5.04. The standard InChI is InChI=1S/C23H29N4O9P/c1-13(2)34-22(30)15(4)26-37(32,36-16-8-6-5-7-9-16)33-12-18-19(28)17(10-24)21(35-18)27-11-14(3)20(29)25-23(27)31/h5-9,11,13,15,17-19,21,28H,12H2,1-4H3,(H,26,32)(H,25,29,31)/t15-,17-,18-,19+,21-,37-/m1/s1. The number of nitrogens with zero attached hydrogens (tertiary/aromatic N) is 2. The van der Waals surface area contributed by atoms with Crippen molar-refractivity contribution in [1.82, 2.24) is 14.6 Å². The van der Waals surface area contributed by atoms with Crippen molar-refractivity contribution in [2.75, 3.05) is 6.61 Å². The zero-order valence-corrected chi connectivity index (χ0v) is 21.6. The van der Waals surface area contributed by atoms with Crippen molar-refractivity contribution in [3.8, 4) is 11.8 Å². The molecule has 1 saturated heterocycles. The van der Waals surface area contributed by atoms with E-state index in [4.69, 9.17) is 18.5 Å². The Labute approximate surface area is 212 Å². The number of ether oxygens (including phenoxy) is 2. The third-order valence-electron chi connectivity index (χ3n) is 5.37. The second-order valence-corrected chi connectivity index (χ2v) is 10.4. The molecule has 0 amide bonds. The van der Waals surface area contributed by atoms with Crippen LogP contribution in [0.1, 0.15) is 32.6 Å². The summed E-state index contributed by atoms with van der Waals surface area (Å²) < 4.78 is 36.6. The number of benzene rings is 1. The lowest BCUT2D eigenvalue weighted by atomic mass is 10.0. The van der Waals surface area contributed by atoms with Gasteiger partial charge in [-0.05, 0) is 39.8 Å². The molecule has 0 aliphatic carbocycles. The fraction of sp³-hybridized carbons (Fsp3) is 0.478. The number of carbonyl (C=O) groups excluding carboxylic acids is 1. The van der Waals surface area contributed by atoms with Gasteiger partial charge in [0.2, 0.25) is 0 Å². The molecular formula is C23H29N4O9P. The number of aliphatic hydroxyl groups excluding tert-OH is 1. The number of esters is 1. The predicted octanol–water partition coefficient (Wildman–Crippen LogP) is 1.38. The van der Waals surface area contributed by atoms with Gasteiger partial charge in [0.15, 0.2) is 6.23 Å². The minimum atomic E-state index is -4.26. The molecule has 2 heterocycles. The van der Waals surface area contributed by atoms with Crippen LogP contribution < -0.4 is 20.9 Å². The number of aliphatic hydroxyl groups is 1. The predicted molar refractivity (Wildman–Crippen MR) is 130 cm³/mol. The molecule has 13 nitrogen and oxygen atoms in total. The summed E-state index contributed by atoms with van der Waals surface area (Å²) in [5.41, 5.74) is -1.23. The first kappa shape index (κ1) is 28.3. The maximum absolute atomic E-state index is 13.6. The van der Waals surface area contributed by atoms with Gasteiger partial charge in [0, 0.05) is 11.8 Å². The highest BCUT2D eigenvalue weighted by molar-refractivity contribution is 7.52. The van der Waals surface area contributed by atoms with Crippen LogP contribution in [0.2, 0.25) is 0 Å². The molecule has 2 aromatic rings. The number of rotatable bonds is 10. The van der Waals surface area contributed by atoms with Gasteiger partial charge in [-0.15, -0.1) is 0 Å². The Morgan fingerprint density at radius 1 is 1.30 bits per heavy atom. The van der Waals surface area contributed by atoms with Crippen molar-refractivity contribution in [2.24, 2.45) is 5.92 Å². The molecule has 1 aromatic heterocycles. The average Bonchev–Trinajstić information content (AvgIpc) is 3.15. The number of para-hydroxylation sites is 1. The maximum Gasteiger partial charge on any atom is 0.459 e. The van der Waals surface area contributed by atoms with Crippen LogP contribution in [0.3, 0.4) is 0 Å². The van der Waals surface area contributed by atoms with E-state index < -0.39 is 68.1 Å². The Morgan fingerprint density at radius 3 is 2.59 bits per heavy atom. The van der Waals surface area contributed by atoms with Gasteiger partial charge in [-0.25, -0.2) is 9.36 Å². The summed E-state index contributed by atoms with van der Waals surface area (Å²) >= 11 is 0. The van der Waals surface area contributed by atoms with Gasteiger partial charge in [0.25, 0.3) is 5.56 Å². The monoisotopic (exact) mass is 536 g/mol. The number of aromatic amines is 1. The molecule has 3 N–H and O–H groups in total. The van der Waals surface area contributed by atoms with E-state index in [1.54, 1.807) is 32.0 Å². The summed E-state index contributed by atoms with van der Waals surface area (Å²) in [4.78, 5) is 38.4. The first-order valence-corrected chi connectivity index (χ1v) is 13.0. The maximum atomic E-state index is 13.6. The lowest BCUT2D eigenvalue weighted by molar-refractivity contribution is -0.149. The van der Waals surface area contributed by atoms with Crippen molar-refractivity contribution < 1.29 is 33.0 Å². The SMILES string of the molecule is Cc1cn([C@@H]2O[C@H](CO[P@](=O)(N[C@H](C)C(=O)OC(C)C)Oc3ccccc3)[C@@H](O)[C@H]2C#N)c(=O)[nH]c1=O. The van der Waals surface area contributed by atoms with Gasteiger partial charge in [-0.3, -0.25) is 23.7 Å². The van der Waals surface area contributed by atoms with Gasteiger partial charge in [-0.2, -0.15) is 10.3 Å². The average molecular weight is 536 g/mol. The summed E-state index contributed by atoms with van der Waals surface area (Å²) in [6.45, 7) is 5.68. The van der Waals surface area contributed by atoms with E-state index in [1.165, 1.54) is 32.2 Å². The van der Waals surface area contributed by atoms with Crippen LogP contribution in [0.4, 0.5) is 0 Å². The number of carbonyl (C=O) groups is 1. The molecule has 14 heteroatoms. The zero-order chi connectivity index (χ0) is 27.3. The molecule has 0 unspecified atom stereocenters. The van der Waals surface area contributed by atoms with E-state index in [1.807, 2.05) is 6.07 Å². The zero-order valence-electron chi connectivity index (χ0n) is 20.7. The van der Waals surface area contributed by atoms with Crippen molar-refractivity contribution in [3.05, 3.63) is 62.9 Å². The number of hydrogen-bond donors (Lipinski definition) is 3. The molecule has 0 spiro atoms. The largest absolute Gasteiger partial charge is 0.462 e. The van der Waals surface area contributed by atoms with Gasteiger partial charge in [0.05, 0.1) is 18.8 Å².